The summed E-state index contributed by atoms with van der Waals surface area (Å²) in [5.41, 5.74) is 2.82. The van der Waals surface area contributed by atoms with Crippen molar-refractivity contribution in [3.05, 3.63) is 65.7 Å². The molecule has 102 valence electrons. The molecule has 0 bridgehead atoms. The van der Waals surface area contributed by atoms with Crippen molar-refractivity contribution in [3.63, 3.8) is 0 Å². The zero-order valence-corrected chi connectivity index (χ0v) is 12.9. The number of hydrogen-bond donors (Lipinski definition) is 0. The molecule has 0 saturated carbocycles. The molecule has 2 aromatic carbocycles. The molecule has 2 aromatic rings. The van der Waals surface area contributed by atoms with E-state index in [1.54, 1.807) is 0 Å². The SMILES string of the molecule is CC[C@@]1(CBr)OC(c2ccccc2)=Nc2ccccc21. The van der Waals surface area contributed by atoms with Crippen LogP contribution in [0.15, 0.2) is 59.6 Å². The largest absolute Gasteiger partial charge is 0.465 e. The second kappa shape index (κ2) is 5.41. The van der Waals surface area contributed by atoms with Crippen LogP contribution < -0.4 is 0 Å². The lowest BCUT2D eigenvalue weighted by Crippen LogP contribution is -2.36. The first-order valence-corrected chi connectivity index (χ1v) is 7.90. The van der Waals surface area contributed by atoms with Gasteiger partial charge in [0, 0.05) is 16.5 Å². The summed E-state index contributed by atoms with van der Waals surface area (Å²) in [6.07, 6.45) is 0.890. The maximum atomic E-state index is 6.29. The number of fused-ring (bicyclic) bond motifs is 1. The predicted octanol–water partition coefficient (Wildman–Crippen LogP) is 4.80. The average molecular weight is 330 g/mol. The molecule has 0 radical (unpaired) electrons. The van der Waals surface area contributed by atoms with Gasteiger partial charge in [0.15, 0.2) is 0 Å². The summed E-state index contributed by atoms with van der Waals surface area (Å²) in [4.78, 5) is 4.68. The number of alkyl halides is 1. The lowest BCUT2D eigenvalue weighted by atomic mass is 9.90. The van der Waals surface area contributed by atoms with Crippen LogP contribution in [0, 0.1) is 0 Å². The number of rotatable bonds is 3. The molecule has 0 unspecified atom stereocenters. The van der Waals surface area contributed by atoms with Crippen LogP contribution in [0.4, 0.5) is 5.69 Å². The Morgan fingerprint density at radius 2 is 1.75 bits per heavy atom. The van der Waals surface area contributed by atoms with Gasteiger partial charge in [0.2, 0.25) is 5.90 Å². The van der Waals surface area contributed by atoms with Crippen molar-refractivity contribution in [3.8, 4) is 0 Å². The topological polar surface area (TPSA) is 21.6 Å². The molecule has 3 rings (SSSR count). The zero-order valence-electron chi connectivity index (χ0n) is 11.3. The minimum Gasteiger partial charge on any atom is -0.465 e. The standard InChI is InChI=1S/C17H16BrNO/c1-2-17(12-18)14-10-6-7-11-15(14)19-16(20-17)13-8-4-3-5-9-13/h3-11H,2,12H2,1H3/t17-/m0/s1. The van der Waals surface area contributed by atoms with E-state index in [0.717, 1.165) is 28.6 Å². The molecule has 2 nitrogen and oxygen atoms in total. The van der Waals surface area contributed by atoms with Crippen LogP contribution in [0.1, 0.15) is 24.5 Å². The van der Waals surface area contributed by atoms with Gasteiger partial charge in [0.1, 0.15) is 5.60 Å². The molecular weight excluding hydrogens is 314 g/mol. The molecule has 1 atom stereocenters. The number of hydrogen-bond acceptors (Lipinski definition) is 2. The van der Waals surface area contributed by atoms with Gasteiger partial charge < -0.3 is 4.74 Å². The van der Waals surface area contributed by atoms with Crippen LogP contribution in [0.2, 0.25) is 0 Å². The number of nitrogens with zero attached hydrogens (tertiary/aromatic N) is 1. The van der Waals surface area contributed by atoms with E-state index < -0.39 is 0 Å². The average Bonchev–Trinajstić information content (AvgIpc) is 2.54. The van der Waals surface area contributed by atoms with E-state index >= 15 is 0 Å². The minimum atomic E-state index is -0.344. The van der Waals surface area contributed by atoms with Crippen molar-refractivity contribution in [2.75, 3.05) is 5.33 Å². The number of benzene rings is 2. The lowest BCUT2D eigenvalue weighted by Gasteiger charge is -2.36. The normalized spacial score (nSPS) is 20.8. The quantitative estimate of drug-likeness (QED) is 0.741. The Bertz CT molecular complexity index is 632. The van der Waals surface area contributed by atoms with E-state index in [2.05, 4.69) is 33.9 Å². The molecule has 0 aliphatic carbocycles. The first kappa shape index (κ1) is 13.4. The van der Waals surface area contributed by atoms with E-state index in [9.17, 15) is 0 Å². The molecule has 1 aliphatic heterocycles. The maximum Gasteiger partial charge on any atom is 0.222 e. The summed E-state index contributed by atoms with van der Waals surface area (Å²) < 4.78 is 6.29. The van der Waals surface area contributed by atoms with Gasteiger partial charge in [-0.2, -0.15) is 0 Å². The molecule has 0 aromatic heterocycles. The van der Waals surface area contributed by atoms with E-state index in [4.69, 9.17) is 4.74 Å². The van der Waals surface area contributed by atoms with Gasteiger partial charge in [-0.3, -0.25) is 0 Å². The summed E-state index contributed by atoms with van der Waals surface area (Å²) in [5, 5.41) is 0.749. The number of para-hydroxylation sites is 1. The second-order valence-electron chi connectivity index (χ2n) is 4.88. The monoisotopic (exact) mass is 329 g/mol. The molecule has 0 amide bonds. The van der Waals surface area contributed by atoms with Crippen LogP contribution in [-0.4, -0.2) is 11.2 Å². The van der Waals surface area contributed by atoms with Crippen molar-refractivity contribution in [1.29, 1.82) is 0 Å². The predicted molar refractivity (Wildman–Crippen MR) is 85.9 cm³/mol. The molecule has 0 N–H and O–H groups in total. The highest BCUT2D eigenvalue weighted by Crippen LogP contribution is 2.41. The summed E-state index contributed by atoms with van der Waals surface area (Å²) in [5.74, 6) is 0.700. The van der Waals surface area contributed by atoms with Gasteiger partial charge in [-0.1, -0.05) is 59.3 Å². The highest BCUT2D eigenvalue weighted by Gasteiger charge is 2.38. The zero-order chi connectivity index (χ0) is 14.0. The highest BCUT2D eigenvalue weighted by molar-refractivity contribution is 9.09. The Hall–Kier alpha value is -1.61. The van der Waals surface area contributed by atoms with Crippen LogP contribution >= 0.6 is 15.9 Å². The highest BCUT2D eigenvalue weighted by atomic mass is 79.9. The van der Waals surface area contributed by atoms with Crippen molar-refractivity contribution in [2.24, 2.45) is 4.99 Å². The first-order chi connectivity index (χ1) is 9.79. The molecule has 0 fully saturated rings. The van der Waals surface area contributed by atoms with Gasteiger partial charge >= 0.3 is 0 Å². The smallest absolute Gasteiger partial charge is 0.222 e. The van der Waals surface area contributed by atoms with Gasteiger partial charge in [-0.15, -0.1) is 0 Å². The summed E-state index contributed by atoms with van der Waals surface area (Å²) in [7, 11) is 0. The second-order valence-corrected chi connectivity index (χ2v) is 5.44. The first-order valence-electron chi connectivity index (χ1n) is 6.77. The summed E-state index contributed by atoms with van der Waals surface area (Å²) >= 11 is 3.62. The van der Waals surface area contributed by atoms with E-state index in [0.29, 0.717) is 5.90 Å². The minimum absolute atomic E-state index is 0.344. The van der Waals surface area contributed by atoms with E-state index in [-0.39, 0.29) is 5.60 Å². The Morgan fingerprint density at radius 1 is 1.05 bits per heavy atom. The molecule has 0 saturated heterocycles. The Kier molecular flexibility index (Phi) is 3.62. The molecule has 3 heteroatoms. The number of aliphatic imine (C=N–C) groups is 1. The fourth-order valence-electron chi connectivity index (χ4n) is 2.49. The Morgan fingerprint density at radius 3 is 2.45 bits per heavy atom. The molecule has 20 heavy (non-hydrogen) atoms. The van der Waals surface area contributed by atoms with Crippen LogP contribution in [0.3, 0.4) is 0 Å². The van der Waals surface area contributed by atoms with E-state index in [1.165, 1.54) is 0 Å². The Labute approximate surface area is 127 Å². The fourth-order valence-corrected chi connectivity index (χ4v) is 3.30. The van der Waals surface area contributed by atoms with Gasteiger partial charge in [-0.05, 0) is 24.6 Å². The van der Waals surface area contributed by atoms with Crippen molar-refractivity contribution >= 4 is 27.5 Å². The molecular formula is C17H16BrNO. The summed E-state index contributed by atoms with van der Waals surface area (Å²) in [6, 6.07) is 18.3. The third-order valence-corrected chi connectivity index (χ3v) is 4.62. The van der Waals surface area contributed by atoms with Gasteiger partial charge in [0.25, 0.3) is 0 Å². The molecule has 1 aliphatic rings. The Balaban J connectivity index is 2.15. The van der Waals surface area contributed by atoms with Gasteiger partial charge in [-0.25, -0.2) is 4.99 Å². The van der Waals surface area contributed by atoms with Crippen LogP contribution in [0.5, 0.6) is 0 Å². The number of halogens is 1. The lowest BCUT2D eigenvalue weighted by molar-refractivity contribution is 0.0725. The van der Waals surface area contributed by atoms with Crippen molar-refractivity contribution in [2.45, 2.75) is 18.9 Å². The fraction of sp³-hybridized carbons (Fsp3) is 0.235. The third kappa shape index (κ3) is 2.16. The summed E-state index contributed by atoms with van der Waals surface area (Å²) in [6.45, 7) is 2.14. The van der Waals surface area contributed by atoms with Crippen molar-refractivity contribution in [1.82, 2.24) is 0 Å². The molecule has 1 heterocycles. The van der Waals surface area contributed by atoms with E-state index in [1.807, 2.05) is 48.5 Å². The third-order valence-electron chi connectivity index (χ3n) is 3.72. The maximum absolute atomic E-state index is 6.29. The number of ether oxygens (including phenoxy) is 1. The van der Waals surface area contributed by atoms with Crippen molar-refractivity contribution < 1.29 is 4.74 Å². The van der Waals surface area contributed by atoms with Crippen LogP contribution in [-0.2, 0) is 10.3 Å². The van der Waals surface area contributed by atoms with Gasteiger partial charge in [0.05, 0.1) is 5.69 Å². The molecule has 0 spiro atoms. The van der Waals surface area contributed by atoms with Crippen LogP contribution in [0.25, 0.3) is 0 Å².